The summed E-state index contributed by atoms with van der Waals surface area (Å²) in [6.45, 7) is 13.1. The first kappa shape index (κ1) is 10.5. The standard InChI is InChI=1S/C11H19NO/c1-9(8-12-5-6-12)10(13)7-11(2,3)4/h1,5-8H2,2-4H3. The van der Waals surface area contributed by atoms with Gasteiger partial charge in [0.25, 0.3) is 0 Å². The van der Waals surface area contributed by atoms with Crippen molar-refractivity contribution in [1.29, 1.82) is 0 Å². The van der Waals surface area contributed by atoms with E-state index in [2.05, 4.69) is 32.3 Å². The van der Waals surface area contributed by atoms with Gasteiger partial charge in [0.15, 0.2) is 5.78 Å². The number of Topliss-reactive ketones (excluding diaryl/α,β-unsaturated/α-hetero) is 1. The fourth-order valence-corrected chi connectivity index (χ4v) is 1.19. The molecule has 74 valence electrons. The van der Waals surface area contributed by atoms with Gasteiger partial charge in [0, 0.05) is 31.6 Å². The monoisotopic (exact) mass is 181 g/mol. The zero-order valence-electron chi connectivity index (χ0n) is 8.89. The molecular weight excluding hydrogens is 162 g/mol. The lowest BCUT2D eigenvalue weighted by atomic mass is 9.88. The Kier molecular flexibility index (Phi) is 2.91. The molecule has 2 nitrogen and oxygen atoms in total. The van der Waals surface area contributed by atoms with Crippen molar-refractivity contribution in [2.75, 3.05) is 19.6 Å². The Bertz CT molecular complexity index is 221. The molecule has 0 spiro atoms. The Morgan fingerprint density at radius 2 is 1.92 bits per heavy atom. The van der Waals surface area contributed by atoms with Gasteiger partial charge in [-0.05, 0) is 5.41 Å². The Labute approximate surface area is 80.6 Å². The Morgan fingerprint density at radius 1 is 1.38 bits per heavy atom. The van der Waals surface area contributed by atoms with Crippen molar-refractivity contribution in [3.8, 4) is 0 Å². The minimum atomic E-state index is 0.0822. The summed E-state index contributed by atoms with van der Waals surface area (Å²) in [4.78, 5) is 13.8. The average molecular weight is 181 g/mol. The maximum Gasteiger partial charge on any atom is 0.160 e. The van der Waals surface area contributed by atoms with Crippen LogP contribution in [0.3, 0.4) is 0 Å². The van der Waals surface area contributed by atoms with Crippen molar-refractivity contribution in [3.05, 3.63) is 12.2 Å². The zero-order valence-corrected chi connectivity index (χ0v) is 8.89. The van der Waals surface area contributed by atoms with E-state index in [4.69, 9.17) is 0 Å². The van der Waals surface area contributed by atoms with E-state index in [1.165, 1.54) is 0 Å². The lowest BCUT2D eigenvalue weighted by Gasteiger charge is -2.17. The maximum absolute atomic E-state index is 11.6. The topological polar surface area (TPSA) is 20.1 Å². The highest BCUT2D eigenvalue weighted by atomic mass is 16.1. The van der Waals surface area contributed by atoms with E-state index in [0.717, 1.165) is 25.2 Å². The second-order valence-corrected chi connectivity index (χ2v) is 5.04. The summed E-state index contributed by atoms with van der Waals surface area (Å²) in [6, 6.07) is 0. The fraction of sp³-hybridized carbons (Fsp3) is 0.727. The molecule has 1 aliphatic heterocycles. The van der Waals surface area contributed by atoms with E-state index >= 15 is 0 Å². The first-order chi connectivity index (χ1) is 5.88. The quantitative estimate of drug-likeness (QED) is 0.487. The summed E-state index contributed by atoms with van der Waals surface area (Å²) in [7, 11) is 0. The van der Waals surface area contributed by atoms with Crippen molar-refractivity contribution in [2.24, 2.45) is 5.41 Å². The van der Waals surface area contributed by atoms with Crippen LogP contribution >= 0.6 is 0 Å². The summed E-state index contributed by atoms with van der Waals surface area (Å²) < 4.78 is 0. The summed E-state index contributed by atoms with van der Waals surface area (Å²) in [5.41, 5.74) is 0.853. The van der Waals surface area contributed by atoms with Gasteiger partial charge in [0.05, 0.1) is 0 Å². The molecule has 0 atom stereocenters. The molecule has 0 bridgehead atoms. The Morgan fingerprint density at radius 3 is 2.31 bits per heavy atom. The molecule has 0 radical (unpaired) electrons. The van der Waals surface area contributed by atoms with Crippen LogP contribution in [-0.2, 0) is 4.79 Å². The van der Waals surface area contributed by atoms with Gasteiger partial charge in [-0.15, -0.1) is 0 Å². The smallest absolute Gasteiger partial charge is 0.160 e. The number of hydrogen-bond donors (Lipinski definition) is 0. The highest BCUT2D eigenvalue weighted by molar-refractivity contribution is 5.95. The van der Waals surface area contributed by atoms with Gasteiger partial charge in [-0.25, -0.2) is 0 Å². The minimum absolute atomic E-state index is 0.0822. The number of rotatable bonds is 4. The number of carbonyl (C=O) groups is 1. The summed E-state index contributed by atoms with van der Waals surface area (Å²) in [5.74, 6) is 0.222. The van der Waals surface area contributed by atoms with Gasteiger partial charge >= 0.3 is 0 Å². The zero-order chi connectivity index (χ0) is 10.1. The number of ketones is 1. The van der Waals surface area contributed by atoms with Crippen molar-refractivity contribution in [2.45, 2.75) is 27.2 Å². The molecule has 0 aromatic rings. The SMILES string of the molecule is C=C(CN1CC1)C(=O)CC(C)(C)C. The van der Waals surface area contributed by atoms with Gasteiger partial charge in [-0.3, -0.25) is 9.69 Å². The van der Waals surface area contributed by atoms with Crippen LogP contribution in [0.15, 0.2) is 12.2 Å². The number of hydrogen-bond acceptors (Lipinski definition) is 2. The Hall–Kier alpha value is -0.630. The predicted molar refractivity (Wildman–Crippen MR) is 54.7 cm³/mol. The molecule has 1 fully saturated rings. The fourth-order valence-electron chi connectivity index (χ4n) is 1.19. The highest BCUT2D eigenvalue weighted by Gasteiger charge is 2.23. The molecule has 1 heterocycles. The highest BCUT2D eigenvalue weighted by Crippen LogP contribution is 2.21. The van der Waals surface area contributed by atoms with Crippen molar-refractivity contribution in [3.63, 3.8) is 0 Å². The third-order valence-corrected chi connectivity index (χ3v) is 2.04. The molecule has 0 aliphatic carbocycles. The summed E-state index contributed by atoms with van der Waals surface area (Å²) in [5, 5.41) is 0. The predicted octanol–water partition coefficient (Wildman–Crippen LogP) is 1.86. The molecule has 1 rings (SSSR count). The first-order valence-corrected chi connectivity index (χ1v) is 4.82. The van der Waals surface area contributed by atoms with E-state index in [1.807, 2.05) is 0 Å². The summed E-state index contributed by atoms with van der Waals surface area (Å²) >= 11 is 0. The van der Waals surface area contributed by atoms with Crippen LogP contribution in [0, 0.1) is 5.41 Å². The number of nitrogens with zero attached hydrogens (tertiary/aromatic N) is 1. The molecule has 0 saturated carbocycles. The third-order valence-electron chi connectivity index (χ3n) is 2.04. The van der Waals surface area contributed by atoms with Crippen molar-refractivity contribution >= 4 is 5.78 Å². The molecular formula is C11H19NO. The van der Waals surface area contributed by atoms with Crippen LogP contribution in [0.2, 0.25) is 0 Å². The molecule has 13 heavy (non-hydrogen) atoms. The van der Waals surface area contributed by atoms with Crippen LogP contribution in [0.4, 0.5) is 0 Å². The van der Waals surface area contributed by atoms with Gasteiger partial charge in [0.1, 0.15) is 0 Å². The second-order valence-electron chi connectivity index (χ2n) is 5.04. The van der Waals surface area contributed by atoms with E-state index in [1.54, 1.807) is 0 Å². The molecule has 0 aromatic carbocycles. The van der Waals surface area contributed by atoms with Gasteiger partial charge in [-0.1, -0.05) is 27.4 Å². The average Bonchev–Trinajstić information content (AvgIpc) is 2.67. The van der Waals surface area contributed by atoms with Crippen LogP contribution < -0.4 is 0 Å². The van der Waals surface area contributed by atoms with Gasteiger partial charge in [0.2, 0.25) is 0 Å². The van der Waals surface area contributed by atoms with Crippen LogP contribution in [0.5, 0.6) is 0 Å². The van der Waals surface area contributed by atoms with Crippen molar-refractivity contribution in [1.82, 2.24) is 4.90 Å². The first-order valence-electron chi connectivity index (χ1n) is 4.82. The van der Waals surface area contributed by atoms with Gasteiger partial charge in [-0.2, -0.15) is 0 Å². The normalized spacial score (nSPS) is 17.2. The van der Waals surface area contributed by atoms with E-state index in [9.17, 15) is 4.79 Å². The maximum atomic E-state index is 11.6. The van der Waals surface area contributed by atoms with E-state index < -0.39 is 0 Å². The largest absolute Gasteiger partial charge is 0.296 e. The molecule has 0 N–H and O–H groups in total. The lowest BCUT2D eigenvalue weighted by molar-refractivity contribution is -0.117. The third kappa shape index (κ3) is 4.23. The Balaban J connectivity index is 2.33. The molecule has 0 aromatic heterocycles. The minimum Gasteiger partial charge on any atom is -0.296 e. The number of carbonyl (C=O) groups excluding carboxylic acids is 1. The second kappa shape index (κ2) is 3.62. The van der Waals surface area contributed by atoms with Crippen molar-refractivity contribution < 1.29 is 4.79 Å². The van der Waals surface area contributed by atoms with E-state index in [-0.39, 0.29) is 11.2 Å². The lowest BCUT2D eigenvalue weighted by Crippen LogP contribution is -2.18. The molecule has 0 unspecified atom stereocenters. The molecule has 1 aliphatic rings. The summed E-state index contributed by atoms with van der Waals surface area (Å²) in [6.07, 6.45) is 0.611. The van der Waals surface area contributed by atoms with Crippen LogP contribution in [0.25, 0.3) is 0 Å². The van der Waals surface area contributed by atoms with E-state index in [0.29, 0.717) is 6.42 Å². The van der Waals surface area contributed by atoms with Gasteiger partial charge < -0.3 is 0 Å². The van der Waals surface area contributed by atoms with Crippen LogP contribution in [0.1, 0.15) is 27.2 Å². The molecule has 1 saturated heterocycles. The van der Waals surface area contributed by atoms with Crippen LogP contribution in [-0.4, -0.2) is 30.3 Å². The molecule has 2 heteroatoms. The molecule has 0 amide bonds.